The van der Waals surface area contributed by atoms with Crippen molar-refractivity contribution in [2.24, 2.45) is 5.41 Å². The van der Waals surface area contributed by atoms with E-state index in [0.717, 1.165) is 22.9 Å². The zero-order chi connectivity index (χ0) is 21.1. The van der Waals surface area contributed by atoms with Gasteiger partial charge in [0.05, 0.1) is 6.10 Å². The number of hydrogen-bond acceptors (Lipinski definition) is 3. The fourth-order valence-electron chi connectivity index (χ4n) is 4.51. The summed E-state index contributed by atoms with van der Waals surface area (Å²) in [4.78, 5) is 30.2. The summed E-state index contributed by atoms with van der Waals surface area (Å²) in [6.45, 7) is 0.354. The number of aromatic amines is 1. The van der Waals surface area contributed by atoms with E-state index in [0.29, 0.717) is 24.9 Å². The van der Waals surface area contributed by atoms with Gasteiger partial charge in [-0.1, -0.05) is 36.4 Å². The van der Waals surface area contributed by atoms with Gasteiger partial charge in [0.1, 0.15) is 5.41 Å². The molecule has 0 saturated carbocycles. The van der Waals surface area contributed by atoms with E-state index in [9.17, 15) is 19.8 Å². The topological polar surface area (TPSA) is 93.6 Å². The number of carboxylic acids is 1. The average molecular weight is 406 g/mol. The number of amides is 1. The molecule has 2 aromatic carbocycles. The van der Waals surface area contributed by atoms with Crippen molar-refractivity contribution in [2.45, 2.75) is 31.8 Å². The smallest absolute Gasteiger partial charge is 0.314 e. The Bertz CT molecular complexity index is 1050. The zero-order valence-corrected chi connectivity index (χ0v) is 16.8. The summed E-state index contributed by atoms with van der Waals surface area (Å²) >= 11 is 0. The molecule has 1 fully saturated rings. The minimum absolute atomic E-state index is 0.0118. The lowest BCUT2D eigenvalue weighted by atomic mass is 9.73. The molecule has 1 amide bonds. The van der Waals surface area contributed by atoms with Crippen LogP contribution in [0.25, 0.3) is 10.9 Å². The third-order valence-electron chi connectivity index (χ3n) is 6.25. The van der Waals surface area contributed by atoms with Crippen LogP contribution in [0.1, 0.15) is 35.2 Å². The lowest BCUT2D eigenvalue weighted by Crippen LogP contribution is -2.57. The molecule has 6 nitrogen and oxygen atoms in total. The number of carbonyl (C=O) groups is 2. The molecule has 1 aliphatic rings. The molecule has 0 bridgehead atoms. The van der Waals surface area contributed by atoms with E-state index < -0.39 is 17.5 Å². The summed E-state index contributed by atoms with van der Waals surface area (Å²) in [5.74, 6) is -1.24. The Morgan fingerprint density at radius 2 is 1.90 bits per heavy atom. The summed E-state index contributed by atoms with van der Waals surface area (Å²) in [6.07, 6.45) is 2.75. The standard InChI is InChI=1S/C24H26N2O4/c27-21-12-15-26(22(28)19-9-4-10-20-18(19)11-14-25-20)16-24(21,23(29)30)13-5-8-17-6-2-1-3-7-17/h1-4,6-7,9-11,14,21,25,27H,5,8,12-13,15-16H2,(H,29,30)/t21-,24+/m0/s1. The van der Waals surface area contributed by atoms with Crippen LogP contribution in [0.5, 0.6) is 0 Å². The van der Waals surface area contributed by atoms with Crippen LogP contribution in [-0.2, 0) is 11.2 Å². The number of aliphatic hydroxyl groups excluding tert-OH is 1. The number of aryl methyl sites for hydroxylation is 1. The molecule has 0 aliphatic carbocycles. The monoisotopic (exact) mass is 406 g/mol. The van der Waals surface area contributed by atoms with Crippen molar-refractivity contribution >= 4 is 22.8 Å². The first-order valence-electron chi connectivity index (χ1n) is 10.3. The fourth-order valence-corrected chi connectivity index (χ4v) is 4.51. The van der Waals surface area contributed by atoms with Gasteiger partial charge in [0.25, 0.3) is 5.91 Å². The lowest BCUT2D eigenvalue weighted by molar-refractivity contribution is -0.162. The first-order valence-corrected chi connectivity index (χ1v) is 10.3. The van der Waals surface area contributed by atoms with E-state index in [1.54, 1.807) is 17.2 Å². The third-order valence-corrected chi connectivity index (χ3v) is 6.25. The second-order valence-electron chi connectivity index (χ2n) is 8.08. The van der Waals surface area contributed by atoms with Gasteiger partial charge < -0.3 is 20.1 Å². The number of aliphatic carboxylic acids is 1. The Morgan fingerprint density at radius 3 is 2.67 bits per heavy atom. The first-order chi connectivity index (χ1) is 14.5. The van der Waals surface area contributed by atoms with Crippen LogP contribution in [-0.4, -0.2) is 51.2 Å². The van der Waals surface area contributed by atoms with Crippen molar-refractivity contribution in [2.75, 3.05) is 13.1 Å². The average Bonchev–Trinajstić information content (AvgIpc) is 3.24. The number of carbonyl (C=O) groups excluding carboxylic acids is 1. The Kier molecular flexibility index (Phi) is 5.59. The molecule has 4 rings (SSSR count). The molecule has 2 atom stereocenters. The number of benzene rings is 2. The Hall–Kier alpha value is -3.12. The fraction of sp³-hybridized carbons (Fsp3) is 0.333. The highest BCUT2D eigenvalue weighted by atomic mass is 16.4. The van der Waals surface area contributed by atoms with E-state index >= 15 is 0 Å². The number of nitrogens with one attached hydrogen (secondary N) is 1. The summed E-state index contributed by atoms with van der Waals surface area (Å²) in [5.41, 5.74) is 1.20. The maximum Gasteiger partial charge on any atom is 0.314 e. The summed E-state index contributed by atoms with van der Waals surface area (Å²) in [6, 6.07) is 17.2. The number of likely N-dealkylation sites (tertiary alicyclic amines) is 1. The predicted octanol–water partition coefficient (Wildman–Crippen LogP) is 3.47. The van der Waals surface area contributed by atoms with Gasteiger partial charge in [0, 0.05) is 35.8 Å². The molecule has 1 aliphatic heterocycles. The van der Waals surface area contributed by atoms with Gasteiger partial charge in [-0.25, -0.2) is 0 Å². The Balaban J connectivity index is 1.54. The Morgan fingerprint density at radius 1 is 1.10 bits per heavy atom. The maximum absolute atomic E-state index is 13.3. The van der Waals surface area contributed by atoms with E-state index in [-0.39, 0.29) is 18.9 Å². The number of rotatable bonds is 6. The number of carboxylic acid groups (broad SMARTS) is 1. The second kappa shape index (κ2) is 8.32. The molecule has 0 radical (unpaired) electrons. The largest absolute Gasteiger partial charge is 0.481 e. The van der Waals surface area contributed by atoms with Gasteiger partial charge in [-0.05, 0) is 49.4 Å². The van der Waals surface area contributed by atoms with Crippen molar-refractivity contribution in [1.29, 1.82) is 0 Å². The van der Waals surface area contributed by atoms with Gasteiger partial charge in [-0.2, -0.15) is 0 Å². The van der Waals surface area contributed by atoms with E-state index in [1.807, 2.05) is 48.5 Å². The quantitative estimate of drug-likeness (QED) is 0.584. The normalized spacial score (nSPS) is 21.6. The van der Waals surface area contributed by atoms with Gasteiger partial charge >= 0.3 is 5.97 Å². The zero-order valence-electron chi connectivity index (χ0n) is 16.8. The molecular weight excluding hydrogens is 380 g/mol. The predicted molar refractivity (Wildman–Crippen MR) is 114 cm³/mol. The van der Waals surface area contributed by atoms with Crippen LogP contribution in [0, 0.1) is 5.41 Å². The van der Waals surface area contributed by atoms with Gasteiger partial charge in [0.15, 0.2) is 0 Å². The van der Waals surface area contributed by atoms with Crippen molar-refractivity contribution < 1.29 is 19.8 Å². The SMILES string of the molecule is O=C(c1cccc2[nH]ccc12)N1CC[C@H](O)[C@](CCCc2ccccc2)(C(=O)O)C1. The number of aromatic nitrogens is 1. The first kappa shape index (κ1) is 20.2. The molecular formula is C24H26N2O4. The molecule has 0 spiro atoms. The number of fused-ring (bicyclic) bond motifs is 1. The van der Waals surface area contributed by atoms with Crippen LogP contribution < -0.4 is 0 Å². The van der Waals surface area contributed by atoms with Crippen LogP contribution in [0.3, 0.4) is 0 Å². The number of piperidine rings is 1. The molecule has 6 heteroatoms. The van der Waals surface area contributed by atoms with Crippen molar-refractivity contribution in [1.82, 2.24) is 9.88 Å². The van der Waals surface area contributed by atoms with Crippen LogP contribution >= 0.6 is 0 Å². The Labute approximate surface area is 175 Å². The highest BCUT2D eigenvalue weighted by Crippen LogP contribution is 2.37. The van der Waals surface area contributed by atoms with Crippen molar-refractivity contribution in [3.05, 3.63) is 71.9 Å². The minimum atomic E-state index is -1.35. The molecule has 0 unspecified atom stereocenters. The molecule has 1 aromatic heterocycles. The maximum atomic E-state index is 13.3. The molecule has 1 saturated heterocycles. The van der Waals surface area contributed by atoms with E-state index in [1.165, 1.54) is 0 Å². The highest BCUT2D eigenvalue weighted by molar-refractivity contribution is 6.06. The summed E-state index contributed by atoms with van der Waals surface area (Å²) < 4.78 is 0. The van der Waals surface area contributed by atoms with Crippen LogP contribution in [0.4, 0.5) is 0 Å². The molecule has 3 aromatic rings. The van der Waals surface area contributed by atoms with E-state index in [2.05, 4.69) is 4.98 Å². The second-order valence-corrected chi connectivity index (χ2v) is 8.08. The van der Waals surface area contributed by atoms with Crippen molar-refractivity contribution in [3.63, 3.8) is 0 Å². The van der Waals surface area contributed by atoms with Crippen molar-refractivity contribution in [3.8, 4) is 0 Å². The van der Waals surface area contributed by atoms with Gasteiger partial charge in [-0.3, -0.25) is 9.59 Å². The molecule has 3 N–H and O–H groups in total. The van der Waals surface area contributed by atoms with Gasteiger partial charge in [0.2, 0.25) is 0 Å². The van der Waals surface area contributed by atoms with Crippen LogP contribution in [0.2, 0.25) is 0 Å². The minimum Gasteiger partial charge on any atom is -0.481 e. The number of aliphatic hydroxyl groups is 1. The molecule has 2 heterocycles. The summed E-state index contributed by atoms with van der Waals surface area (Å²) in [5, 5.41) is 21.6. The molecule has 156 valence electrons. The molecule has 30 heavy (non-hydrogen) atoms. The lowest BCUT2D eigenvalue weighted by Gasteiger charge is -2.43. The number of nitrogens with zero attached hydrogens (tertiary/aromatic N) is 1. The van der Waals surface area contributed by atoms with Gasteiger partial charge in [-0.15, -0.1) is 0 Å². The summed E-state index contributed by atoms with van der Waals surface area (Å²) in [7, 11) is 0. The number of hydrogen-bond donors (Lipinski definition) is 3. The van der Waals surface area contributed by atoms with E-state index in [4.69, 9.17) is 0 Å². The third kappa shape index (κ3) is 3.71. The number of H-pyrrole nitrogens is 1. The van der Waals surface area contributed by atoms with Crippen LogP contribution in [0.15, 0.2) is 60.8 Å². The highest BCUT2D eigenvalue weighted by Gasteiger charge is 2.49.